The van der Waals surface area contributed by atoms with Crippen molar-refractivity contribution >= 4 is 17.1 Å². The van der Waals surface area contributed by atoms with Crippen molar-refractivity contribution in [2.75, 3.05) is 26.4 Å². The van der Waals surface area contributed by atoms with Crippen LogP contribution in [0.1, 0.15) is 67.2 Å². The van der Waals surface area contributed by atoms with Gasteiger partial charge in [-0.1, -0.05) is 38.8 Å². The largest absolute Gasteiger partial charge is 0.392 e. The van der Waals surface area contributed by atoms with Crippen molar-refractivity contribution < 1.29 is 17.7 Å². The van der Waals surface area contributed by atoms with Crippen LogP contribution in [0, 0.1) is 0 Å². The Morgan fingerprint density at radius 3 is 1.12 bits per heavy atom. The van der Waals surface area contributed by atoms with Gasteiger partial charge < -0.3 is 17.7 Å². The van der Waals surface area contributed by atoms with Gasteiger partial charge in [0.2, 0.25) is 0 Å². The van der Waals surface area contributed by atoms with E-state index < -0.39 is 17.1 Å². The maximum atomic E-state index is 6.24. The zero-order chi connectivity index (χ0) is 19.0. The lowest BCUT2D eigenvalue weighted by Gasteiger charge is -2.35. The van der Waals surface area contributed by atoms with Gasteiger partial charge in [0.05, 0.1) is 0 Å². The molecule has 148 valence electrons. The van der Waals surface area contributed by atoms with Gasteiger partial charge in [-0.05, 0) is 51.9 Å². The van der Waals surface area contributed by atoms with E-state index in [1.54, 1.807) is 0 Å². The lowest BCUT2D eigenvalue weighted by atomic mass is 10.3. The van der Waals surface area contributed by atoms with Crippen LogP contribution in [-0.4, -0.2) is 43.5 Å². The summed E-state index contributed by atoms with van der Waals surface area (Å²) in [5.41, 5.74) is 5.15. The van der Waals surface area contributed by atoms with Crippen LogP contribution in [0.25, 0.3) is 0 Å². The summed E-state index contributed by atoms with van der Waals surface area (Å²) >= 11 is 0. The Labute approximate surface area is 158 Å². The molecule has 0 aliphatic carbocycles. The summed E-state index contributed by atoms with van der Waals surface area (Å²) in [6, 6.07) is 0. The Hall–Kier alpha value is -0.246. The van der Waals surface area contributed by atoms with Gasteiger partial charge in [-0.15, -0.1) is 0 Å². The molecule has 0 amide bonds. The fraction of sp³-hybridized carbons (Fsp3) is 0.789. The zero-order valence-electron chi connectivity index (χ0n) is 17.3. The second kappa shape index (κ2) is 14.9. The molecule has 0 aromatic heterocycles. The molecule has 0 spiro atoms. The van der Waals surface area contributed by atoms with Crippen molar-refractivity contribution in [2.45, 2.75) is 72.9 Å². The Bertz CT molecular complexity index is 326. The van der Waals surface area contributed by atoms with Crippen molar-refractivity contribution in [2.24, 2.45) is 0 Å². The van der Waals surface area contributed by atoms with Gasteiger partial charge in [0.25, 0.3) is 0 Å². The van der Waals surface area contributed by atoms with E-state index in [0.29, 0.717) is 26.4 Å². The fourth-order valence-electron chi connectivity index (χ4n) is 2.78. The first-order valence-electron chi connectivity index (χ1n) is 9.98. The first kappa shape index (κ1) is 24.8. The van der Waals surface area contributed by atoms with Crippen LogP contribution in [-0.2, 0) is 17.7 Å². The maximum Gasteiger partial charge on any atom is 0.367 e. The zero-order valence-corrected chi connectivity index (χ0v) is 19.3. The standard InChI is InChI=1S/C19H40O4Si2/c1-7-13-15-17-24(20-9-3,21-10-4)19-25(22-11-5,23-12-6)18-16-14-8-2/h15-18H,7-14,19H2,1-6H3. The summed E-state index contributed by atoms with van der Waals surface area (Å²) in [6.45, 7) is 15.1. The van der Waals surface area contributed by atoms with E-state index in [1.807, 2.05) is 27.7 Å². The third kappa shape index (κ3) is 9.87. The SMILES string of the molecule is CCCC=C[Si](C[Si](C=CCCC)(OCC)OCC)(OCC)OCC. The fourth-order valence-corrected chi connectivity index (χ4v) is 11.7. The quantitative estimate of drug-likeness (QED) is 0.334. The maximum absolute atomic E-state index is 6.24. The summed E-state index contributed by atoms with van der Waals surface area (Å²) in [7, 11) is -5.05. The highest BCUT2D eigenvalue weighted by atomic mass is 28.4. The molecule has 0 N–H and O–H groups in total. The van der Waals surface area contributed by atoms with E-state index >= 15 is 0 Å². The molecule has 0 bridgehead atoms. The van der Waals surface area contributed by atoms with Crippen molar-refractivity contribution in [1.29, 1.82) is 0 Å². The predicted molar refractivity (Wildman–Crippen MR) is 111 cm³/mol. The second-order valence-corrected chi connectivity index (χ2v) is 12.4. The Morgan fingerprint density at radius 1 is 0.560 bits per heavy atom. The van der Waals surface area contributed by atoms with E-state index in [2.05, 4.69) is 37.4 Å². The van der Waals surface area contributed by atoms with E-state index in [9.17, 15) is 0 Å². The molecule has 0 saturated heterocycles. The van der Waals surface area contributed by atoms with E-state index in [4.69, 9.17) is 17.7 Å². The highest BCUT2D eigenvalue weighted by Gasteiger charge is 2.48. The van der Waals surface area contributed by atoms with Crippen molar-refractivity contribution in [1.82, 2.24) is 0 Å². The number of hydrogen-bond acceptors (Lipinski definition) is 4. The molecular weight excluding hydrogens is 348 g/mol. The summed E-state index contributed by atoms with van der Waals surface area (Å²) < 4.78 is 25.0. The first-order chi connectivity index (χ1) is 12.1. The number of unbranched alkanes of at least 4 members (excludes halogenated alkanes) is 2. The molecule has 0 atom stereocenters. The van der Waals surface area contributed by atoms with Crippen molar-refractivity contribution in [3.63, 3.8) is 0 Å². The summed E-state index contributed by atoms with van der Waals surface area (Å²) in [5.74, 6) is 0. The molecule has 4 nitrogen and oxygen atoms in total. The minimum Gasteiger partial charge on any atom is -0.392 e. The summed E-state index contributed by atoms with van der Waals surface area (Å²) in [4.78, 5) is 0. The molecule has 0 rings (SSSR count). The topological polar surface area (TPSA) is 36.9 Å². The molecule has 0 heterocycles. The molecule has 0 unspecified atom stereocenters. The van der Waals surface area contributed by atoms with Crippen LogP contribution < -0.4 is 0 Å². The second-order valence-electron chi connectivity index (χ2n) is 5.91. The molecule has 0 aromatic rings. The molecule has 6 heteroatoms. The van der Waals surface area contributed by atoms with Gasteiger partial charge in [-0.2, -0.15) is 0 Å². The van der Waals surface area contributed by atoms with Crippen LogP contribution in [0.15, 0.2) is 23.6 Å². The van der Waals surface area contributed by atoms with Gasteiger partial charge >= 0.3 is 17.1 Å². The normalized spacial score (nSPS) is 13.4. The van der Waals surface area contributed by atoms with Crippen LogP contribution in [0.5, 0.6) is 0 Å². The highest BCUT2D eigenvalue weighted by molar-refractivity contribution is 6.90. The lowest BCUT2D eigenvalue weighted by molar-refractivity contribution is 0.175. The Morgan fingerprint density at radius 2 is 0.880 bits per heavy atom. The Kier molecular flexibility index (Phi) is 14.7. The van der Waals surface area contributed by atoms with Crippen molar-refractivity contribution in [3.8, 4) is 0 Å². The minimum absolute atomic E-state index is 0.643. The number of allylic oxidation sites excluding steroid dienone is 2. The third-order valence-corrected chi connectivity index (χ3v) is 12.2. The first-order valence-corrected chi connectivity index (χ1v) is 14.2. The monoisotopic (exact) mass is 388 g/mol. The van der Waals surface area contributed by atoms with Crippen molar-refractivity contribution in [3.05, 3.63) is 23.6 Å². The molecule has 0 fully saturated rings. The average molecular weight is 389 g/mol. The summed E-state index contributed by atoms with van der Waals surface area (Å²) in [5, 5.41) is 0. The lowest BCUT2D eigenvalue weighted by Crippen LogP contribution is -2.53. The summed E-state index contributed by atoms with van der Waals surface area (Å²) in [6.07, 6.45) is 8.75. The molecule has 0 aliphatic rings. The number of hydrogen-bond donors (Lipinski definition) is 0. The van der Waals surface area contributed by atoms with Crippen LogP contribution in [0.4, 0.5) is 0 Å². The Balaban J connectivity index is 5.71. The smallest absolute Gasteiger partial charge is 0.367 e. The molecular formula is C19H40O4Si2. The molecule has 0 saturated carbocycles. The number of rotatable bonds is 16. The van der Waals surface area contributed by atoms with Crippen LogP contribution >= 0.6 is 0 Å². The van der Waals surface area contributed by atoms with Gasteiger partial charge in [0.1, 0.15) is 0 Å². The third-order valence-electron chi connectivity index (χ3n) is 3.70. The van der Waals surface area contributed by atoms with Gasteiger partial charge in [0.15, 0.2) is 0 Å². The van der Waals surface area contributed by atoms with E-state index in [-0.39, 0.29) is 0 Å². The molecule has 0 radical (unpaired) electrons. The molecule has 25 heavy (non-hydrogen) atoms. The van der Waals surface area contributed by atoms with Crippen LogP contribution in [0.2, 0.25) is 5.67 Å². The molecule has 0 aliphatic heterocycles. The minimum atomic E-state index is -2.52. The average Bonchev–Trinajstić information content (AvgIpc) is 2.56. The van der Waals surface area contributed by atoms with Gasteiger partial charge in [-0.3, -0.25) is 0 Å². The van der Waals surface area contributed by atoms with Gasteiger partial charge in [-0.25, -0.2) is 0 Å². The van der Waals surface area contributed by atoms with Gasteiger partial charge in [0, 0.05) is 32.1 Å². The predicted octanol–water partition coefficient (Wildman–Crippen LogP) is 5.35. The highest BCUT2D eigenvalue weighted by Crippen LogP contribution is 2.27. The van der Waals surface area contributed by atoms with E-state index in [0.717, 1.165) is 31.4 Å². The molecule has 0 aromatic carbocycles. The van der Waals surface area contributed by atoms with Crippen LogP contribution in [0.3, 0.4) is 0 Å². The van der Waals surface area contributed by atoms with E-state index in [1.165, 1.54) is 0 Å².